The molecule has 2 unspecified atom stereocenters. The van der Waals surface area contributed by atoms with Gasteiger partial charge in [0.1, 0.15) is 0 Å². The van der Waals surface area contributed by atoms with Gasteiger partial charge in [-0.25, -0.2) is 4.98 Å². The molecule has 2 fully saturated rings. The monoisotopic (exact) mass is 301 g/mol. The average molecular weight is 301 g/mol. The average Bonchev–Trinajstić information content (AvgIpc) is 3.24. The van der Waals surface area contributed by atoms with Crippen LogP contribution in [0.25, 0.3) is 11.3 Å². The number of hydrogen-bond acceptors (Lipinski definition) is 5. The fraction of sp³-hybridized carbons (Fsp3) is 0.500. The molecule has 4 rings (SSSR count). The van der Waals surface area contributed by atoms with Gasteiger partial charge in [0.15, 0.2) is 5.13 Å². The van der Waals surface area contributed by atoms with Crippen molar-refractivity contribution in [1.29, 1.82) is 0 Å². The minimum absolute atomic E-state index is 0.287. The molecule has 1 saturated carbocycles. The zero-order valence-corrected chi connectivity index (χ0v) is 12.9. The van der Waals surface area contributed by atoms with Crippen LogP contribution in [-0.4, -0.2) is 35.3 Å². The summed E-state index contributed by atoms with van der Waals surface area (Å²) in [6, 6.07) is 4.01. The van der Waals surface area contributed by atoms with Crippen molar-refractivity contribution in [2.45, 2.75) is 32.0 Å². The van der Waals surface area contributed by atoms with Crippen LogP contribution in [0.4, 0.5) is 5.13 Å². The lowest BCUT2D eigenvalue weighted by atomic mass is 10.1. The molecule has 1 saturated heterocycles. The van der Waals surface area contributed by atoms with E-state index in [1.54, 1.807) is 17.5 Å². The molecule has 21 heavy (non-hydrogen) atoms. The lowest BCUT2D eigenvalue weighted by molar-refractivity contribution is -0.0271. The Morgan fingerprint density at radius 1 is 1.33 bits per heavy atom. The quantitative estimate of drug-likeness (QED) is 0.872. The molecule has 0 radical (unpaired) electrons. The molecule has 2 aliphatic rings. The Bertz CT molecular complexity index is 611. The van der Waals surface area contributed by atoms with Gasteiger partial charge < -0.3 is 9.64 Å². The topological polar surface area (TPSA) is 38.2 Å². The minimum atomic E-state index is 0.287. The summed E-state index contributed by atoms with van der Waals surface area (Å²) in [5, 5.41) is 3.23. The van der Waals surface area contributed by atoms with E-state index in [0.717, 1.165) is 35.4 Å². The molecule has 5 heteroatoms. The highest BCUT2D eigenvalue weighted by molar-refractivity contribution is 7.14. The van der Waals surface area contributed by atoms with Gasteiger partial charge in [-0.15, -0.1) is 11.3 Å². The molecular weight excluding hydrogens is 282 g/mol. The number of ether oxygens (including phenoxy) is 1. The Balaban J connectivity index is 1.54. The normalized spacial score (nSPS) is 26.0. The highest BCUT2D eigenvalue weighted by atomic mass is 32.1. The summed E-state index contributed by atoms with van der Waals surface area (Å²) in [5.41, 5.74) is 2.10. The highest BCUT2D eigenvalue weighted by Crippen LogP contribution is 2.38. The molecule has 3 heterocycles. The van der Waals surface area contributed by atoms with Crippen LogP contribution in [0, 0.1) is 5.92 Å². The van der Waals surface area contributed by atoms with E-state index in [-0.39, 0.29) is 6.10 Å². The van der Waals surface area contributed by atoms with Crippen LogP contribution in [0.2, 0.25) is 0 Å². The van der Waals surface area contributed by atoms with Gasteiger partial charge in [0.2, 0.25) is 0 Å². The van der Waals surface area contributed by atoms with Crippen molar-refractivity contribution < 1.29 is 4.74 Å². The van der Waals surface area contributed by atoms with Crippen LogP contribution in [0.3, 0.4) is 0 Å². The van der Waals surface area contributed by atoms with Crippen LogP contribution in [-0.2, 0) is 4.74 Å². The first-order valence-electron chi connectivity index (χ1n) is 7.56. The van der Waals surface area contributed by atoms with Gasteiger partial charge >= 0.3 is 0 Å². The maximum absolute atomic E-state index is 6.08. The van der Waals surface area contributed by atoms with Crippen LogP contribution < -0.4 is 4.90 Å². The molecule has 0 bridgehead atoms. The van der Waals surface area contributed by atoms with Crippen molar-refractivity contribution in [3.63, 3.8) is 0 Å². The lowest BCUT2D eigenvalue weighted by Crippen LogP contribution is -2.47. The maximum atomic E-state index is 6.08. The first-order valence-corrected chi connectivity index (χ1v) is 8.44. The number of anilines is 1. The van der Waals surface area contributed by atoms with E-state index in [9.17, 15) is 0 Å². The Hall–Kier alpha value is -1.46. The third-order valence-electron chi connectivity index (χ3n) is 4.15. The van der Waals surface area contributed by atoms with Crippen LogP contribution in [0.15, 0.2) is 29.9 Å². The molecule has 1 aliphatic heterocycles. The molecule has 0 spiro atoms. The van der Waals surface area contributed by atoms with Crippen molar-refractivity contribution in [3.8, 4) is 11.3 Å². The van der Waals surface area contributed by atoms with E-state index in [1.807, 2.05) is 12.3 Å². The summed E-state index contributed by atoms with van der Waals surface area (Å²) in [6.07, 6.45) is 6.98. The SMILES string of the molecule is CC1CN(c2nc(-c3cccnc3)cs2)CC(C2CC2)O1. The van der Waals surface area contributed by atoms with Gasteiger partial charge in [-0.2, -0.15) is 0 Å². The zero-order chi connectivity index (χ0) is 14.2. The summed E-state index contributed by atoms with van der Waals surface area (Å²) < 4.78 is 6.08. The van der Waals surface area contributed by atoms with E-state index in [0.29, 0.717) is 6.10 Å². The molecule has 0 aromatic carbocycles. The van der Waals surface area contributed by atoms with Crippen LogP contribution >= 0.6 is 11.3 Å². The molecule has 1 aliphatic carbocycles. The summed E-state index contributed by atoms with van der Waals surface area (Å²) >= 11 is 1.72. The van der Waals surface area contributed by atoms with E-state index in [1.165, 1.54) is 12.8 Å². The van der Waals surface area contributed by atoms with Crippen LogP contribution in [0.1, 0.15) is 19.8 Å². The number of hydrogen-bond donors (Lipinski definition) is 0. The zero-order valence-electron chi connectivity index (χ0n) is 12.1. The fourth-order valence-corrected chi connectivity index (χ4v) is 3.78. The molecule has 110 valence electrons. The highest BCUT2D eigenvalue weighted by Gasteiger charge is 2.37. The molecule has 2 atom stereocenters. The fourth-order valence-electron chi connectivity index (χ4n) is 2.93. The number of pyridine rings is 1. The minimum Gasteiger partial charge on any atom is -0.371 e. The van der Waals surface area contributed by atoms with Gasteiger partial charge in [-0.05, 0) is 37.8 Å². The van der Waals surface area contributed by atoms with Gasteiger partial charge in [-0.3, -0.25) is 4.98 Å². The van der Waals surface area contributed by atoms with E-state index < -0.39 is 0 Å². The smallest absolute Gasteiger partial charge is 0.186 e. The van der Waals surface area contributed by atoms with Gasteiger partial charge in [0, 0.05) is 36.4 Å². The van der Waals surface area contributed by atoms with Gasteiger partial charge in [-0.1, -0.05) is 0 Å². The van der Waals surface area contributed by atoms with E-state index in [4.69, 9.17) is 9.72 Å². The number of rotatable bonds is 3. The third kappa shape index (κ3) is 2.80. The molecule has 2 aromatic rings. The maximum Gasteiger partial charge on any atom is 0.186 e. The summed E-state index contributed by atoms with van der Waals surface area (Å²) in [5.74, 6) is 0.771. The Kier molecular flexibility index (Phi) is 3.39. The van der Waals surface area contributed by atoms with Gasteiger partial charge in [0.05, 0.1) is 17.9 Å². The number of thiazole rings is 1. The van der Waals surface area contributed by atoms with Gasteiger partial charge in [0.25, 0.3) is 0 Å². The first kappa shape index (κ1) is 13.2. The second kappa shape index (κ2) is 5.39. The Labute approximate surface area is 128 Å². The van der Waals surface area contributed by atoms with Crippen molar-refractivity contribution in [1.82, 2.24) is 9.97 Å². The summed E-state index contributed by atoms with van der Waals surface area (Å²) in [6.45, 7) is 4.08. The lowest BCUT2D eigenvalue weighted by Gasteiger charge is -2.36. The molecule has 2 aromatic heterocycles. The molecular formula is C16H19N3OS. The Morgan fingerprint density at radius 2 is 2.24 bits per heavy atom. The predicted molar refractivity (Wildman–Crippen MR) is 84.6 cm³/mol. The van der Waals surface area contributed by atoms with E-state index in [2.05, 4.69) is 28.3 Å². The first-order chi connectivity index (χ1) is 10.3. The van der Waals surface area contributed by atoms with Crippen molar-refractivity contribution in [2.75, 3.05) is 18.0 Å². The standard InChI is InChI=1S/C16H19N3OS/c1-11-8-19(9-15(20-11)12-4-5-12)16-18-14(10-21-16)13-3-2-6-17-7-13/h2-3,6-7,10-12,15H,4-5,8-9H2,1H3. The van der Waals surface area contributed by atoms with Crippen LogP contribution in [0.5, 0.6) is 0 Å². The summed E-state index contributed by atoms with van der Waals surface area (Å²) in [7, 11) is 0. The molecule has 4 nitrogen and oxygen atoms in total. The van der Waals surface area contributed by atoms with Crippen molar-refractivity contribution in [2.24, 2.45) is 5.92 Å². The van der Waals surface area contributed by atoms with Crippen molar-refractivity contribution in [3.05, 3.63) is 29.9 Å². The second-order valence-corrected chi connectivity index (χ2v) is 6.82. The van der Waals surface area contributed by atoms with Crippen molar-refractivity contribution >= 4 is 16.5 Å². The summed E-state index contributed by atoms with van der Waals surface area (Å²) in [4.78, 5) is 11.4. The molecule has 0 N–H and O–H groups in total. The number of aromatic nitrogens is 2. The number of nitrogens with zero attached hydrogens (tertiary/aromatic N) is 3. The second-order valence-electron chi connectivity index (χ2n) is 5.98. The predicted octanol–water partition coefficient (Wildman–Crippen LogP) is 3.21. The van der Waals surface area contributed by atoms with E-state index >= 15 is 0 Å². The Morgan fingerprint density at radius 3 is 3.00 bits per heavy atom. The largest absolute Gasteiger partial charge is 0.371 e. The third-order valence-corrected chi connectivity index (χ3v) is 5.05. The molecule has 0 amide bonds. The number of morpholine rings is 1.